The third-order valence-corrected chi connectivity index (χ3v) is 3.84. The highest BCUT2D eigenvalue weighted by atomic mass is 35.5. The van der Waals surface area contributed by atoms with Crippen LogP contribution in [0, 0.1) is 15.9 Å². The average Bonchev–Trinajstić information content (AvgIpc) is 2.47. The normalized spacial score (nSPS) is 16.5. The molecule has 1 aliphatic rings. The first-order chi connectivity index (χ1) is 10.8. The van der Waals surface area contributed by atoms with Gasteiger partial charge in [-0.25, -0.2) is 4.39 Å². The number of nitrogens with zero attached hydrogens (tertiary/aromatic N) is 2. The van der Waals surface area contributed by atoms with E-state index < -0.39 is 29.4 Å². The molecule has 0 amide bonds. The Kier molecular flexibility index (Phi) is 9.63. The fraction of sp³-hybridized carbons (Fsp3) is 0.571. The molecule has 25 heavy (non-hydrogen) atoms. The number of alkyl halides is 3. The SMILES string of the molecule is Cl.Cl.O=[N+]([O-])c1ccc(F)cc1[C@H](CCC(F)(F)F)N1CCNCC1. The van der Waals surface area contributed by atoms with Gasteiger partial charge in [0.2, 0.25) is 0 Å². The van der Waals surface area contributed by atoms with Gasteiger partial charge in [-0.1, -0.05) is 0 Å². The minimum absolute atomic E-state index is 0. The molecule has 1 N–H and O–H groups in total. The van der Waals surface area contributed by atoms with Crippen LogP contribution in [0.25, 0.3) is 0 Å². The minimum atomic E-state index is -4.37. The Bertz CT molecular complexity index is 569. The largest absolute Gasteiger partial charge is 0.389 e. The average molecular weight is 408 g/mol. The maximum atomic E-state index is 13.5. The standard InChI is InChI=1S/C14H17F4N3O2.2ClH/c15-10-1-2-13(21(22)23)11(9-10)12(3-4-14(16,17)18)20-7-5-19-6-8-20;;/h1-2,9,12,19H,3-8H2;2*1H/t12-;;/m0../s1. The van der Waals surface area contributed by atoms with Crippen molar-refractivity contribution in [3.8, 4) is 0 Å². The summed E-state index contributed by atoms with van der Waals surface area (Å²) in [5, 5.41) is 14.2. The molecule has 0 saturated carbocycles. The number of benzene rings is 1. The predicted molar refractivity (Wildman–Crippen MR) is 90.0 cm³/mol. The summed E-state index contributed by atoms with van der Waals surface area (Å²) in [5.74, 6) is -0.697. The van der Waals surface area contributed by atoms with E-state index in [0.29, 0.717) is 26.2 Å². The molecule has 0 bridgehead atoms. The summed E-state index contributed by atoms with van der Waals surface area (Å²) in [4.78, 5) is 12.2. The van der Waals surface area contributed by atoms with Crippen molar-refractivity contribution in [3.05, 3.63) is 39.7 Å². The topological polar surface area (TPSA) is 58.4 Å². The number of nitro groups is 1. The van der Waals surface area contributed by atoms with Gasteiger partial charge in [-0.2, -0.15) is 13.2 Å². The van der Waals surface area contributed by atoms with Crippen molar-refractivity contribution in [2.24, 2.45) is 0 Å². The van der Waals surface area contributed by atoms with Crippen molar-refractivity contribution in [2.75, 3.05) is 26.2 Å². The lowest BCUT2D eigenvalue weighted by molar-refractivity contribution is -0.386. The molecule has 0 radical (unpaired) electrons. The van der Waals surface area contributed by atoms with Gasteiger partial charge in [0, 0.05) is 50.3 Å². The lowest BCUT2D eigenvalue weighted by Gasteiger charge is -2.35. The smallest absolute Gasteiger partial charge is 0.314 e. The highest BCUT2D eigenvalue weighted by Crippen LogP contribution is 2.36. The molecule has 1 aromatic carbocycles. The van der Waals surface area contributed by atoms with Crippen molar-refractivity contribution in [2.45, 2.75) is 25.1 Å². The summed E-state index contributed by atoms with van der Waals surface area (Å²) in [5.41, 5.74) is -0.349. The van der Waals surface area contributed by atoms with Gasteiger partial charge >= 0.3 is 6.18 Å². The van der Waals surface area contributed by atoms with Crippen molar-refractivity contribution in [1.82, 2.24) is 10.2 Å². The molecule has 0 spiro atoms. The van der Waals surface area contributed by atoms with Crippen LogP contribution in [-0.4, -0.2) is 42.2 Å². The van der Waals surface area contributed by atoms with Crippen LogP contribution in [0.15, 0.2) is 18.2 Å². The molecular weight excluding hydrogens is 389 g/mol. The van der Waals surface area contributed by atoms with Gasteiger partial charge in [0.05, 0.1) is 4.92 Å². The molecule has 1 aliphatic heterocycles. The molecule has 2 rings (SSSR count). The van der Waals surface area contributed by atoms with Crippen molar-refractivity contribution < 1.29 is 22.5 Å². The summed E-state index contributed by atoms with van der Waals surface area (Å²) < 4.78 is 51.3. The first-order valence-corrected chi connectivity index (χ1v) is 7.23. The van der Waals surface area contributed by atoms with E-state index >= 15 is 0 Å². The zero-order chi connectivity index (χ0) is 17.0. The maximum absolute atomic E-state index is 13.5. The van der Waals surface area contributed by atoms with Crippen molar-refractivity contribution in [1.29, 1.82) is 0 Å². The maximum Gasteiger partial charge on any atom is 0.389 e. The van der Waals surface area contributed by atoms with E-state index in [0.717, 1.165) is 18.2 Å². The Morgan fingerprint density at radius 1 is 1.24 bits per heavy atom. The van der Waals surface area contributed by atoms with Crippen LogP contribution in [-0.2, 0) is 0 Å². The second kappa shape index (κ2) is 10.1. The zero-order valence-corrected chi connectivity index (χ0v) is 14.7. The van der Waals surface area contributed by atoms with Gasteiger partial charge in [-0.05, 0) is 18.6 Å². The van der Waals surface area contributed by atoms with Crippen LogP contribution in [0.3, 0.4) is 0 Å². The predicted octanol–water partition coefficient (Wildman–Crippen LogP) is 3.87. The molecule has 0 aromatic heterocycles. The van der Waals surface area contributed by atoms with Gasteiger partial charge < -0.3 is 5.32 Å². The summed E-state index contributed by atoms with van der Waals surface area (Å²) in [6, 6.07) is 2.09. The quantitative estimate of drug-likeness (QED) is 0.457. The first kappa shape index (κ1) is 23.8. The van der Waals surface area contributed by atoms with E-state index in [-0.39, 0.29) is 42.5 Å². The van der Waals surface area contributed by atoms with Crippen LogP contribution < -0.4 is 5.32 Å². The minimum Gasteiger partial charge on any atom is -0.314 e. The molecular formula is C14H19Cl2F4N3O2. The molecule has 1 saturated heterocycles. The van der Waals surface area contributed by atoms with Gasteiger partial charge in [0.25, 0.3) is 5.69 Å². The molecule has 0 unspecified atom stereocenters. The van der Waals surface area contributed by atoms with Crippen molar-refractivity contribution >= 4 is 30.5 Å². The highest BCUT2D eigenvalue weighted by Gasteiger charge is 2.34. The molecule has 1 heterocycles. The van der Waals surface area contributed by atoms with E-state index in [1.165, 1.54) is 0 Å². The summed E-state index contributed by atoms with van der Waals surface area (Å²) in [6.45, 7) is 2.06. The van der Waals surface area contributed by atoms with Crippen LogP contribution in [0.5, 0.6) is 0 Å². The Morgan fingerprint density at radius 3 is 2.36 bits per heavy atom. The highest BCUT2D eigenvalue weighted by molar-refractivity contribution is 5.85. The fourth-order valence-electron chi connectivity index (χ4n) is 2.79. The van der Waals surface area contributed by atoms with Crippen LogP contribution >= 0.6 is 24.8 Å². The molecule has 5 nitrogen and oxygen atoms in total. The molecule has 1 fully saturated rings. The number of piperazine rings is 1. The van der Waals surface area contributed by atoms with E-state index in [4.69, 9.17) is 0 Å². The Balaban J connectivity index is 0.00000288. The second-order valence-corrected chi connectivity index (χ2v) is 5.42. The van der Waals surface area contributed by atoms with Crippen molar-refractivity contribution in [3.63, 3.8) is 0 Å². The number of nitrogens with one attached hydrogen (secondary N) is 1. The second-order valence-electron chi connectivity index (χ2n) is 5.42. The molecule has 144 valence electrons. The molecule has 1 aromatic rings. The van der Waals surface area contributed by atoms with Crippen LogP contribution in [0.2, 0.25) is 0 Å². The zero-order valence-electron chi connectivity index (χ0n) is 13.1. The third-order valence-electron chi connectivity index (χ3n) is 3.84. The van der Waals surface area contributed by atoms with Gasteiger partial charge in [0.1, 0.15) is 5.82 Å². The van der Waals surface area contributed by atoms with Gasteiger partial charge in [-0.15, -0.1) is 24.8 Å². The lowest BCUT2D eigenvalue weighted by atomic mass is 9.97. The lowest BCUT2D eigenvalue weighted by Crippen LogP contribution is -2.45. The monoisotopic (exact) mass is 407 g/mol. The summed E-state index contributed by atoms with van der Waals surface area (Å²) in [6.07, 6.45) is -5.78. The third kappa shape index (κ3) is 6.93. The van der Waals surface area contributed by atoms with E-state index in [2.05, 4.69) is 5.32 Å². The number of nitro benzene ring substituents is 1. The van der Waals surface area contributed by atoms with Gasteiger partial charge in [-0.3, -0.25) is 15.0 Å². The van der Waals surface area contributed by atoms with E-state index in [9.17, 15) is 27.7 Å². The Hall–Kier alpha value is -1.16. The van der Waals surface area contributed by atoms with Crippen LogP contribution in [0.1, 0.15) is 24.4 Å². The number of halogens is 6. The van der Waals surface area contributed by atoms with E-state index in [1.807, 2.05) is 0 Å². The number of rotatable bonds is 5. The Morgan fingerprint density at radius 2 is 1.84 bits per heavy atom. The molecule has 0 aliphatic carbocycles. The molecule has 1 atom stereocenters. The first-order valence-electron chi connectivity index (χ1n) is 7.23. The fourth-order valence-corrected chi connectivity index (χ4v) is 2.79. The Labute approximate surface area is 154 Å². The van der Waals surface area contributed by atoms with Crippen LogP contribution in [0.4, 0.5) is 23.2 Å². The number of hydrogen-bond acceptors (Lipinski definition) is 4. The van der Waals surface area contributed by atoms with Gasteiger partial charge in [0.15, 0.2) is 0 Å². The summed E-state index contributed by atoms with van der Waals surface area (Å²) in [7, 11) is 0. The van der Waals surface area contributed by atoms with E-state index in [1.54, 1.807) is 4.90 Å². The summed E-state index contributed by atoms with van der Waals surface area (Å²) >= 11 is 0. The number of hydrogen-bond donors (Lipinski definition) is 1. The molecule has 11 heteroatoms.